The molecule has 32 heavy (non-hydrogen) atoms. The normalized spacial score (nSPS) is 11.2. The summed E-state index contributed by atoms with van der Waals surface area (Å²) in [5, 5.41) is 2.89. The van der Waals surface area contributed by atoms with Crippen molar-refractivity contribution in [2.45, 2.75) is 32.6 Å². The van der Waals surface area contributed by atoms with E-state index in [9.17, 15) is 13.2 Å². The predicted molar refractivity (Wildman–Crippen MR) is 128 cm³/mol. The predicted octanol–water partition coefficient (Wildman–Crippen LogP) is 4.76. The summed E-state index contributed by atoms with van der Waals surface area (Å²) in [6.45, 7) is 7.39. The highest BCUT2D eigenvalue weighted by molar-refractivity contribution is 7.92. The van der Waals surface area contributed by atoms with Gasteiger partial charge in [-0.25, -0.2) is 8.42 Å². The first kappa shape index (κ1) is 23.3. The van der Waals surface area contributed by atoms with E-state index < -0.39 is 15.9 Å². The minimum absolute atomic E-state index is 0.0781. The van der Waals surface area contributed by atoms with Crippen LogP contribution in [0.5, 0.6) is 5.75 Å². The highest BCUT2D eigenvalue weighted by atomic mass is 32.2. The summed E-state index contributed by atoms with van der Waals surface area (Å²) < 4.78 is 33.2. The number of carbonyl (C=O) groups excluding carboxylic acids is 1. The lowest BCUT2D eigenvalue weighted by molar-refractivity contribution is -0.114. The standard InChI is InChI=1S/C25H28N2O4S/c1-17-6-8-21(9-7-17)27(32(29,30)23-12-10-22(31-5)11-13-23)16-24(28)26-25-19(3)14-18(2)15-20(25)4/h6-15H,16H2,1-5H3,(H,26,28). The molecule has 0 unspecified atom stereocenters. The summed E-state index contributed by atoms with van der Waals surface area (Å²) in [6.07, 6.45) is 0. The summed E-state index contributed by atoms with van der Waals surface area (Å²) in [5.74, 6) is 0.131. The summed E-state index contributed by atoms with van der Waals surface area (Å²) >= 11 is 0. The Bertz CT molecular complexity index is 1190. The van der Waals surface area contributed by atoms with Crippen molar-refractivity contribution >= 4 is 27.3 Å². The van der Waals surface area contributed by atoms with Crippen molar-refractivity contribution in [1.29, 1.82) is 0 Å². The molecule has 0 atom stereocenters. The fraction of sp³-hybridized carbons (Fsp3) is 0.240. The van der Waals surface area contributed by atoms with E-state index in [1.165, 1.54) is 19.2 Å². The van der Waals surface area contributed by atoms with Crippen LogP contribution in [0.3, 0.4) is 0 Å². The Hall–Kier alpha value is -3.32. The van der Waals surface area contributed by atoms with E-state index in [-0.39, 0.29) is 11.4 Å². The van der Waals surface area contributed by atoms with Crippen LogP contribution in [-0.2, 0) is 14.8 Å². The molecule has 1 amide bonds. The Morgan fingerprint density at radius 1 is 0.875 bits per heavy atom. The molecule has 0 heterocycles. The van der Waals surface area contributed by atoms with Crippen LogP contribution in [0.15, 0.2) is 65.6 Å². The van der Waals surface area contributed by atoms with Gasteiger partial charge in [0.15, 0.2) is 0 Å². The summed E-state index contributed by atoms with van der Waals surface area (Å²) in [6, 6.07) is 17.1. The Balaban J connectivity index is 1.96. The highest BCUT2D eigenvalue weighted by Gasteiger charge is 2.27. The highest BCUT2D eigenvalue weighted by Crippen LogP contribution is 2.26. The van der Waals surface area contributed by atoms with Gasteiger partial charge in [-0.1, -0.05) is 35.4 Å². The maximum absolute atomic E-state index is 13.5. The van der Waals surface area contributed by atoms with E-state index >= 15 is 0 Å². The number of amides is 1. The zero-order valence-corrected chi connectivity index (χ0v) is 19.8. The molecule has 0 saturated carbocycles. The van der Waals surface area contributed by atoms with E-state index in [2.05, 4.69) is 5.32 Å². The van der Waals surface area contributed by atoms with Gasteiger partial charge < -0.3 is 10.1 Å². The smallest absolute Gasteiger partial charge is 0.264 e. The Morgan fingerprint density at radius 2 is 1.44 bits per heavy atom. The summed E-state index contributed by atoms with van der Waals surface area (Å²) in [7, 11) is -2.47. The number of ether oxygens (including phenoxy) is 1. The molecule has 0 saturated heterocycles. The van der Waals surface area contributed by atoms with Gasteiger partial charge >= 0.3 is 0 Å². The molecule has 0 aliphatic rings. The third-order valence-electron chi connectivity index (χ3n) is 5.20. The fourth-order valence-corrected chi connectivity index (χ4v) is 5.01. The van der Waals surface area contributed by atoms with Crippen molar-refractivity contribution in [2.24, 2.45) is 0 Å². The largest absolute Gasteiger partial charge is 0.497 e. The third-order valence-corrected chi connectivity index (χ3v) is 6.99. The fourth-order valence-electron chi connectivity index (χ4n) is 3.59. The van der Waals surface area contributed by atoms with Crippen molar-refractivity contribution in [3.05, 3.63) is 82.9 Å². The van der Waals surface area contributed by atoms with Crippen LogP contribution in [0.1, 0.15) is 22.3 Å². The molecule has 0 spiro atoms. The molecular weight excluding hydrogens is 424 g/mol. The minimum Gasteiger partial charge on any atom is -0.497 e. The number of nitrogens with zero attached hydrogens (tertiary/aromatic N) is 1. The Morgan fingerprint density at radius 3 is 1.97 bits per heavy atom. The van der Waals surface area contributed by atoms with Crippen LogP contribution >= 0.6 is 0 Å². The first-order valence-electron chi connectivity index (χ1n) is 10.2. The second-order valence-electron chi connectivity index (χ2n) is 7.84. The van der Waals surface area contributed by atoms with Crippen molar-refractivity contribution in [3.8, 4) is 5.75 Å². The molecular formula is C25H28N2O4S. The van der Waals surface area contributed by atoms with E-state index in [0.717, 1.165) is 26.6 Å². The quantitative estimate of drug-likeness (QED) is 0.561. The maximum atomic E-state index is 13.5. The van der Waals surface area contributed by atoms with Crippen molar-refractivity contribution in [3.63, 3.8) is 0 Å². The lowest BCUT2D eigenvalue weighted by Crippen LogP contribution is -2.38. The Kier molecular flexibility index (Phi) is 6.89. The van der Waals surface area contributed by atoms with Gasteiger partial charge in [0.1, 0.15) is 12.3 Å². The number of hydrogen-bond acceptors (Lipinski definition) is 4. The number of nitrogens with one attached hydrogen (secondary N) is 1. The lowest BCUT2D eigenvalue weighted by Gasteiger charge is -2.25. The van der Waals surface area contributed by atoms with Crippen molar-refractivity contribution in [1.82, 2.24) is 0 Å². The molecule has 1 N–H and O–H groups in total. The van der Waals surface area contributed by atoms with Gasteiger partial charge in [0.25, 0.3) is 10.0 Å². The lowest BCUT2D eigenvalue weighted by atomic mass is 10.1. The van der Waals surface area contributed by atoms with E-state index in [1.54, 1.807) is 24.3 Å². The van der Waals surface area contributed by atoms with Gasteiger partial charge in [0, 0.05) is 5.69 Å². The molecule has 6 nitrogen and oxygen atoms in total. The third kappa shape index (κ3) is 5.11. The van der Waals surface area contributed by atoms with Crippen molar-refractivity contribution < 1.29 is 17.9 Å². The summed E-state index contributed by atoms with van der Waals surface area (Å²) in [4.78, 5) is 13.1. The molecule has 0 aliphatic carbocycles. The number of hydrogen-bond donors (Lipinski definition) is 1. The number of anilines is 2. The second kappa shape index (κ2) is 9.44. The van der Waals surface area contributed by atoms with Crippen LogP contribution in [0.4, 0.5) is 11.4 Å². The molecule has 0 bridgehead atoms. The van der Waals surface area contributed by atoms with Crippen LogP contribution < -0.4 is 14.4 Å². The Labute approximate surface area is 189 Å². The van der Waals surface area contributed by atoms with Gasteiger partial charge in [0.2, 0.25) is 5.91 Å². The number of carbonyl (C=O) groups is 1. The zero-order chi connectivity index (χ0) is 23.5. The van der Waals surface area contributed by atoms with Gasteiger partial charge in [-0.3, -0.25) is 9.10 Å². The molecule has 0 fully saturated rings. The van der Waals surface area contributed by atoms with Gasteiger partial charge in [0.05, 0.1) is 17.7 Å². The SMILES string of the molecule is COc1ccc(S(=O)(=O)N(CC(=O)Nc2c(C)cc(C)cc2C)c2ccc(C)cc2)cc1. The molecule has 0 radical (unpaired) electrons. The molecule has 0 aromatic heterocycles. The first-order chi connectivity index (χ1) is 15.1. The van der Waals surface area contributed by atoms with Crippen LogP contribution in [0, 0.1) is 27.7 Å². The topological polar surface area (TPSA) is 75.7 Å². The van der Waals surface area contributed by atoms with Gasteiger partial charge in [-0.15, -0.1) is 0 Å². The average molecular weight is 453 g/mol. The monoisotopic (exact) mass is 452 g/mol. The number of aryl methyl sites for hydroxylation is 4. The van der Waals surface area contributed by atoms with Crippen molar-refractivity contribution in [2.75, 3.05) is 23.3 Å². The maximum Gasteiger partial charge on any atom is 0.264 e. The second-order valence-corrected chi connectivity index (χ2v) is 9.71. The van der Waals surface area contributed by atoms with E-state index in [4.69, 9.17) is 4.74 Å². The molecule has 3 aromatic rings. The van der Waals surface area contributed by atoms with Gasteiger partial charge in [-0.2, -0.15) is 0 Å². The zero-order valence-electron chi connectivity index (χ0n) is 19.0. The number of rotatable bonds is 7. The number of benzene rings is 3. The van der Waals surface area contributed by atoms with Crippen LogP contribution in [0.25, 0.3) is 0 Å². The molecule has 0 aliphatic heterocycles. The van der Waals surface area contributed by atoms with E-state index in [0.29, 0.717) is 17.1 Å². The summed E-state index contributed by atoms with van der Waals surface area (Å²) in [5.41, 5.74) is 5.06. The molecule has 3 aromatic carbocycles. The molecule has 168 valence electrons. The first-order valence-corrected chi connectivity index (χ1v) is 11.7. The van der Waals surface area contributed by atoms with Crippen LogP contribution in [-0.4, -0.2) is 28.0 Å². The average Bonchev–Trinajstić information content (AvgIpc) is 2.75. The molecule has 7 heteroatoms. The minimum atomic E-state index is -3.99. The number of methoxy groups -OCH3 is 1. The van der Waals surface area contributed by atoms with E-state index in [1.807, 2.05) is 52.0 Å². The van der Waals surface area contributed by atoms with Gasteiger partial charge in [-0.05, 0) is 75.2 Å². The molecule has 3 rings (SSSR count). The van der Waals surface area contributed by atoms with Crippen LogP contribution in [0.2, 0.25) is 0 Å². The number of sulfonamides is 1.